The highest BCUT2D eigenvalue weighted by Crippen LogP contribution is 2.26. The molecule has 0 aromatic heterocycles. The van der Waals surface area contributed by atoms with Crippen molar-refractivity contribution in [2.24, 2.45) is 11.5 Å². The van der Waals surface area contributed by atoms with Gasteiger partial charge in [0.05, 0.1) is 7.11 Å². The minimum absolute atomic E-state index is 0. The Labute approximate surface area is 191 Å². The Hall–Kier alpha value is -3.37. The van der Waals surface area contributed by atoms with E-state index >= 15 is 0 Å². The number of carbonyl (C=O) groups excluding carboxylic acids is 2. The Kier molecular flexibility index (Phi) is 10.4. The molecule has 174 valence electrons. The van der Waals surface area contributed by atoms with Crippen molar-refractivity contribution in [3.63, 3.8) is 0 Å². The Morgan fingerprint density at radius 2 is 1.91 bits per heavy atom. The zero-order valence-electron chi connectivity index (χ0n) is 17.6. The summed E-state index contributed by atoms with van der Waals surface area (Å²) < 4.78 is 30.3. The number of hydrogen-bond acceptors (Lipinski definition) is 6. The van der Waals surface area contributed by atoms with Crippen LogP contribution in [0.5, 0.6) is 11.5 Å². The maximum absolute atomic E-state index is 14.5. The Morgan fingerprint density at radius 1 is 1.19 bits per heavy atom. The third-order valence-electron chi connectivity index (χ3n) is 4.26. The van der Waals surface area contributed by atoms with Gasteiger partial charge >= 0.3 is 0 Å². The van der Waals surface area contributed by atoms with E-state index in [4.69, 9.17) is 31.1 Å². The molecule has 0 spiro atoms. The van der Waals surface area contributed by atoms with Crippen LogP contribution in [0.3, 0.4) is 0 Å². The molecule has 0 aliphatic heterocycles. The van der Waals surface area contributed by atoms with Crippen molar-refractivity contribution in [3.05, 3.63) is 58.9 Å². The van der Waals surface area contributed by atoms with Crippen LogP contribution in [0, 0.1) is 11.2 Å². The lowest BCUT2D eigenvalue weighted by Gasteiger charge is -2.19. The molecule has 0 bridgehead atoms. The molecule has 2 rings (SSSR count). The summed E-state index contributed by atoms with van der Waals surface area (Å²) in [6, 6.07) is 8.77. The summed E-state index contributed by atoms with van der Waals surface area (Å²) in [5, 5.41) is 10.2. The zero-order chi connectivity index (χ0) is 23.0. The molecule has 0 fully saturated rings. The van der Waals surface area contributed by atoms with Crippen LogP contribution < -0.4 is 26.3 Å². The SMILES string of the molecule is CCOC(C(=O)NCc1ccc(C(=N)N)cc1OCC(N)=O)c1ccc(OC)cc1F.Cl. The van der Waals surface area contributed by atoms with Gasteiger partial charge in [0.1, 0.15) is 23.2 Å². The number of nitrogens with one attached hydrogen (secondary N) is 2. The number of methoxy groups -OCH3 is 1. The van der Waals surface area contributed by atoms with Gasteiger partial charge in [-0.25, -0.2) is 4.39 Å². The van der Waals surface area contributed by atoms with E-state index in [0.717, 1.165) is 0 Å². The number of primary amides is 1. The van der Waals surface area contributed by atoms with E-state index in [1.165, 1.54) is 31.4 Å². The fourth-order valence-corrected chi connectivity index (χ4v) is 2.75. The fourth-order valence-electron chi connectivity index (χ4n) is 2.75. The first kappa shape index (κ1) is 26.7. The number of nitrogen functional groups attached to an aromatic ring is 1. The molecule has 0 saturated carbocycles. The molecule has 2 aromatic rings. The summed E-state index contributed by atoms with van der Waals surface area (Å²) in [6.07, 6.45) is -1.18. The molecule has 0 radical (unpaired) electrons. The second kappa shape index (κ2) is 12.5. The summed E-state index contributed by atoms with van der Waals surface area (Å²) >= 11 is 0. The second-order valence-corrected chi connectivity index (χ2v) is 6.43. The van der Waals surface area contributed by atoms with Gasteiger partial charge in [0.25, 0.3) is 11.8 Å². The third kappa shape index (κ3) is 7.10. The van der Waals surface area contributed by atoms with Gasteiger partial charge in [-0.05, 0) is 25.1 Å². The summed E-state index contributed by atoms with van der Waals surface area (Å²) in [5.41, 5.74) is 11.6. The molecule has 0 heterocycles. The average Bonchev–Trinajstić information content (AvgIpc) is 2.74. The highest BCUT2D eigenvalue weighted by Gasteiger charge is 2.25. The number of amidine groups is 1. The molecular formula is C21H26ClFN4O5. The lowest BCUT2D eigenvalue weighted by atomic mass is 10.1. The molecule has 32 heavy (non-hydrogen) atoms. The standard InChI is InChI=1S/C21H25FN4O5.ClH/c1-3-30-19(15-7-6-14(29-2)9-16(15)22)21(28)26-10-13-5-4-12(20(24)25)8-17(13)31-11-18(23)27;/h4-9,19H,3,10-11H2,1-2H3,(H2,23,27)(H3,24,25)(H,26,28);1H. The number of benzene rings is 2. The number of nitrogens with two attached hydrogens (primary N) is 2. The van der Waals surface area contributed by atoms with Crippen LogP contribution >= 0.6 is 12.4 Å². The summed E-state index contributed by atoms with van der Waals surface area (Å²) in [7, 11) is 1.41. The minimum atomic E-state index is -1.18. The number of hydrogen-bond donors (Lipinski definition) is 4. The number of carbonyl (C=O) groups is 2. The lowest BCUT2D eigenvalue weighted by Crippen LogP contribution is -2.31. The van der Waals surface area contributed by atoms with Crippen molar-refractivity contribution in [2.75, 3.05) is 20.3 Å². The van der Waals surface area contributed by atoms with Gasteiger partial charge in [0.2, 0.25) is 0 Å². The van der Waals surface area contributed by atoms with Gasteiger partial charge in [0, 0.05) is 35.9 Å². The molecule has 2 aromatic carbocycles. The first-order valence-electron chi connectivity index (χ1n) is 9.38. The van der Waals surface area contributed by atoms with E-state index in [0.29, 0.717) is 16.9 Å². The van der Waals surface area contributed by atoms with E-state index in [9.17, 15) is 14.0 Å². The van der Waals surface area contributed by atoms with Gasteiger partial charge in [0.15, 0.2) is 12.7 Å². The van der Waals surface area contributed by atoms with Crippen LogP contribution in [0.25, 0.3) is 0 Å². The van der Waals surface area contributed by atoms with Crippen molar-refractivity contribution >= 4 is 30.1 Å². The maximum Gasteiger partial charge on any atom is 0.255 e. The molecule has 11 heteroatoms. The predicted octanol–water partition coefficient (Wildman–Crippen LogP) is 1.80. The number of amides is 2. The van der Waals surface area contributed by atoms with Crippen molar-refractivity contribution in [1.82, 2.24) is 5.32 Å². The molecule has 0 aliphatic carbocycles. The van der Waals surface area contributed by atoms with Gasteiger partial charge in [-0.2, -0.15) is 0 Å². The second-order valence-electron chi connectivity index (χ2n) is 6.43. The first-order chi connectivity index (χ1) is 14.8. The topological polar surface area (TPSA) is 150 Å². The fraction of sp³-hybridized carbons (Fsp3) is 0.286. The summed E-state index contributed by atoms with van der Waals surface area (Å²) in [4.78, 5) is 23.8. The molecule has 0 aliphatic rings. The average molecular weight is 469 g/mol. The Balaban J connectivity index is 0.00000512. The monoisotopic (exact) mass is 468 g/mol. The summed E-state index contributed by atoms with van der Waals surface area (Å²) in [5.74, 6) is -1.53. The van der Waals surface area contributed by atoms with Gasteiger partial charge in [-0.1, -0.05) is 12.1 Å². The lowest BCUT2D eigenvalue weighted by molar-refractivity contribution is -0.133. The first-order valence-corrected chi connectivity index (χ1v) is 9.38. The largest absolute Gasteiger partial charge is 0.497 e. The highest BCUT2D eigenvalue weighted by molar-refractivity contribution is 5.95. The molecule has 9 nitrogen and oxygen atoms in total. The van der Waals surface area contributed by atoms with Crippen molar-refractivity contribution < 1.29 is 28.2 Å². The van der Waals surface area contributed by atoms with E-state index in [1.54, 1.807) is 19.1 Å². The van der Waals surface area contributed by atoms with Crippen LogP contribution in [-0.4, -0.2) is 38.0 Å². The van der Waals surface area contributed by atoms with Gasteiger partial charge in [-0.3, -0.25) is 15.0 Å². The van der Waals surface area contributed by atoms with E-state index in [1.807, 2.05) is 0 Å². The summed E-state index contributed by atoms with van der Waals surface area (Å²) in [6.45, 7) is 1.48. The minimum Gasteiger partial charge on any atom is -0.497 e. The van der Waals surface area contributed by atoms with E-state index < -0.39 is 23.7 Å². The van der Waals surface area contributed by atoms with Crippen LogP contribution in [0.1, 0.15) is 29.7 Å². The zero-order valence-corrected chi connectivity index (χ0v) is 18.5. The van der Waals surface area contributed by atoms with E-state index in [-0.39, 0.29) is 49.3 Å². The van der Waals surface area contributed by atoms with Crippen LogP contribution in [0.2, 0.25) is 0 Å². The number of ether oxygens (including phenoxy) is 3. The smallest absolute Gasteiger partial charge is 0.255 e. The molecule has 6 N–H and O–H groups in total. The quantitative estimate of drug-likeness (QED) is 0.291. The number of halogens is 2. The maximum atomic E-state index is 14.5. The van der Waals surface area contributed by atoms with Crippen molar-refractivity contribution in [3.8, 4) is 11.5 Å². The van der Waals surface area contributed by atoms with E-state index in [2.05, 4.69) is 5.32 Å². The van der Waals surface area contributed by atoms with Crippen LogP contribution in [-0.2, 0) is 20.9 Å². The highest BCUT2D eigenvalue weighted by atomic mass is 35.5. The molecule has 1 unspecified atom stereocenters. The van der Waals surface area contributed by atoms with Gasteiger partial charge < -0.3 is 31.0 Å². The Morgan fingerprint density at radius 3 is 2.47 bits per heavy atom. The molecular weight excluding hydrogens is 443 g/mol. The normalized spacial score (nSPS) is 11.1. The molecule has 2 amide bonds. The third-order valence-corrected chi connectivity index (χ3v) is 4.26. The van der Waals surface area contributed by atoms with Gasteiger partial charge in [-0.15, -0.1) is 12.4 Å². The van der Waals surface area contributed by atoms with Crippen LogP contribution in [0.4, 0.5) is 4.39 Å². The van der Waals surface area contributed by atoms with Crippen molar-refractivity contribution in [1.29, 1.82) is 5.41 Å². The van der Waals surface area contributed by atoms with Crippen LogP contribution in [0.15, 0.2) is 36.4 Å². The van der Waals surface area contributed by atoms with Crippen molar-refractivity contribution in [2.45, 2.75) is 19.6 Å². The molecule has 0 saturated heterocycles. The Bertz CT molecular complexity index is 973. The predicted molar refractivity (Wildman–Crippen MR) is 119 cm³/mol. The molecule has 1 atom stereocenters. The number of rotatable bonds is 11.